The second-order valence-electron chi connectivity index (χ2n) is 5.29. The molecule has 0 saturated carbocycles. The third-order valence-electron chi connectivity index (χ3n) is 3.68. The molecule has 0 amide bonds. The summed E-state index contributed by atoms with van der Waals surface area (Å²) in [5.74, 6) is 1.10. The number of methoxy groups -OCH3 is 1. The van der Waals surface area contributed by atoms with Crippen LogP contribution in [0, 0.1) is 11.3 Å². The molecule has 0 unspecified atom stereocenters. The summed E-state index contributed by atoms with van der Waals surface area (Å²) < 4.78 is 5.32. The zero-order valence-electron chi connectivity index (χ0n) is 14.0. The molecule has 0 fully saturated rings. The highest BCUT2D eigenvalue weighted by Crippen LogP contribution is 2.33. The van der Waals surface area contributed by atoms with Gasteiger partial charge in [0.2, 0.25) is 5.88 Å². The monoisotopic (exact) mass is 367 g/mol. The van der Waals surface area contributed by atoms with E-state index < -0.39 is 0 Å². The Kier molecular flexibility index (Phi) is 5.69. The van der Waals surface area contributed by atoms with Crippen molar-refractivity contribution in [3.05, 3.63) is 58.5 Å². The minimum atomic E-state index is 0.325. The highest BCUT2D eigenvalue weighted by atomic mass is 32.2. The number of rotatable bonds is 6. The van der Waals surface area contributed by atoms with Crippen LogP contribution < -0.4 is 4.74 Å². The largest absolute Gasteiger partial charge is 0.480 e. The van der Waals surface area contributed by atoms with E-state index in [0.717, 1.165) is 17.1 Å². The van der Waals surface area contributed by atoms with Gasteiger partial charge in [0.15, 0.2) is 5.16 Å². The van der Waals surface area contributed by atoms with E-state index in [1.54, 1.807) is 23.1 Å². The van der Waals surface area contributed by atoms with E-state index in [1.165, 1.54) is 18.2 Å². The topological polar surface area (TPSA) is 58.8 Å². The standard InChI is InChI=1S/C19H17N3OS2/c1-3-13-6-4-7-14(10-13)12-25-19-21-17(16-8-5-9-24-16)15(11-20)18(22-19)23-2/h4-10H,3,12H2,1-2H3. The van der Waals surface area contributed by atoms with Gasteiger partial charge in [-0.05, 0) is 29.0 Å². The molecule has 2 aromatic heterocycles. The number of aryl methyl sites for hydroxylation is 1. The number of nitriles is 1. The zero-order chi connectivity index (χ0) is 17.6. The lowest BCUT2D eigenvalue weighted by Crippen LogP contribution is -2.00. The average Bonchev–Trinajstić information content (AvgIpc) is 3.20. The molecule has 126 valence electrons. The Morgan fingerprint density at radius 3 is 2.72 bits per heavy atom. The first kappa shape index (κ1) is 17.5. The fraction of sp³-hybridized carbons (Fsp3) is 0.211. The Labute approximate surface area is 155 Å². The highest BCUT2D eigenvalue weighted by Gasteiger charge is 2.17. The van der Waals surface area contributed by atoms with Gasteiger partial charge in [0.25, 0.3) is 0 Å². The van der Waals surface area contributed by atoms with Crippen molar-refractivity contribution in [3.63, 3.8) is 0 Å². The number of benzene rings is 1. The fourth-order valence-electron chi connectivity index (χ4n) is 2.41. The first-order valence-corrected chi connectivity index (χ1v) is 9.72. The van der Waals surface area contributed by atoms with E-state index in [0.29, 0.717) is 22.3 Å². The number of ether oxygens (including phenoxy) is 1. The van der Waals surface area contributed by atoms with Gasteiger partial charge >= 0.3 is 0 Å². The molecule has 0 bridgehead atoms. The summed E-state index contributed by atoms with van der Waals surface area (Å²) in [5, 5.41) is 12.1. The first-order chi connectivity index (χ1) is 12.2. The summed E-state index contributed by atoms with van der Waals surface area (Å²) in [6, 6.07) is 14.6. The molecule has 2 heterocycles. The Morgan fingerprint density at radius 1 is 1.20 bits per heavy atom. The summed E-state index contributed by atoms with van der Waals surface area (Å²) in [5.41, 5.74) is 3.56. The molecular weight excluding hydrogens is 350 g/mol. The van der Waals surface area contributed by atoms with Crippen molar-refractivity contribution in [1.82, 2.24) is 9.97 Å². The summed E-state index contributed by atoms with van der Waals surface area (Å²) in [6.07, 6.45) is 1.02. The van der Waals surface area contributed by atoms with Crippen LogP contribution in [0.2, 0.25) is 0 Å². The van der Waals surface area contributed by atoms with Crippen molar-refractivity contribution >= 4 is 23.1 Å². The molecule has 3 rings (SSSR count). The van der Waals surface area contributed by atoms with Crippen molar-refractivity contribution in [2.45, 2.75) is 24.3 Å². The normalized spacial score (nSPS) is 10.4. The molecule has 3 aromatic rings. The van der Waals surface area contributed by atoms with E-state index in [9.17, 15) is 5.26 Å². The van der Waals surface area contributed by atoms with E-state index in [2.05, 4.69) is 47.2 Å². The van der Waals surface area contributed by atoms with Crippen LogP contribution in [-0.2, 0) is 12.2 Å². The van der Waals surface area contributed by atoms with Crippen LogP contribution in [0.15, 0.2) is 46.9 Å². The number of aromatic nitrogens is 2. The first-order valence-electron chi connectivity index (χ1n) is 7.85. The van der Waals surface area contributed by atoms with Crippen LogP contribution in [0.3, 0.4) is 0 Å². The van der Waals surface area contributed by atoms with Crippen LogP contribution in [0.25, 0.3) is 10.6 Å². The molecule has 0 spiro atoms. The second-order valence-corrected chi connectivity index (χ2v) is 7.18. The summed E-state index contributed by atoms with van der Waals surface area (Å²) >= 11 is 3.09. The van der Waals surface area contributed by atoms with Crippen molar-refractivity contribution in [3.8, 4) is 22.5 Å². The summed E-state index contributed by atoms with van der Waals surface area (Å²) in [6.45, 7) is 2.15. The molecule has 0 aliphatic carbocycles. The lowest BCUT2D eigenvalue weighted by Gasteiger charge is -2.09. The maximum Gasteiger partial charge on any atom is 0.236 e. The Balaban J connectivity index is 1.91. The van der Waals surface area contributed by atoms with E-state index in [4.69, 9.17) is 4.74 Å². The maximum atomic E-state index is 9.47. The van der Waals surface area contributed by atoms with Crippen LogP contribution >= 0.6 is 23.1 Å². The van der Waals surface area contributed by atoms with Crippen molar-refractivity contribution in [2.24, 2.45) is 0 Å². The summed E-state index contributed by atoms with van der Waals surface area (Å²) in [7, 11) is 1.53. The smallest absolute Gasteiger partial charge is 0.236 e. The predicted octanol–water partition coefficient (Wildman–Crippen LogP) is 4.94. The van der Waals surface area contributed by atoms with E-state index >= 15 is 0 Å². The van der Waals surface area contributed by atoms with Crippen molar-refractivity contribution in [1.29, 1.82) is 5.26 Å². The van der Waals surface area contributed by atoms with Crippen molar-refractivity contribution in [2.75, 3.05) is 7.11 Å². The second kappa shape index (κ2) is 8.15. The van der Waals surface area contributed by atoms with Crippen LogP contribution in [-0.4, -0.2) is 17.1 Å². The lowest BCUT2D eigenvalue weighted by atomic mass is 10.1. The molecular formula is C19H17N3OS2. The summed E-state index contributed by atoms with van der Waals surface area (Å²) in [4.78, 5) is 9.95. The van der Waals surface area contributed by atoms with Crippen LogP contribution in [0.4, 0.5) is 0 Å². The molecule has 4 nitrogen and oxygen atoms in total. The molecule has 0 atom stereocenters. The lowest BCUT2D eigenvalue weighted by molar-refractivity contribution is 0.391. The quantitative estimate of drug-likeness (QED) is 0.456. The number of hydrogen-bond acceptors (Lipinski definition) is 6. The van der Waals surface area contributed by atoms with Gasteiger partial charge in [-0.3, -0.25) is 0 Å². The molecule has 0 aliphatic rings. The number of nitrogens with zero attached hydrogens (tertiary/aromatic N) is 3. The molecule has 0 N–H and O–H groups in total. The van der Waals surface area contributed by atoms with Crippen LogP contribution in [0.1, 0.15) is 23.6 Å². The van der Waals surface area contributed by atoms with Gasteiger partial charge in [-0.15, -0.1) is 11.3 Å². The number of hydrogen-bond donors (Lipinski definition) is 0. The van der Waals surface area contributed by atoms with Gasteiger partial charge in [0, 0.05) is 5.75 Å². The Morgan fingerprint density at radius 2 is 2.04 bits per heavy atom. The average molecular weight is 367 g/mol. The van der Waals surface area contributed by atoms with E-state index in [1.807, 2.05) is 17.5 Å². The van der Waals surface area contributed by atoms with Gasteiger partial charge in [-0.25, -0.2) is 4.98 Å². The van der Waals surface area contributed by atoms with Crippen LogP contribution in [0.5, 0.6) is 5.88 Å². The fourth-order valence-corrected chi connectivity index (χ4v) is 3.91. The predicted molar refractivity (Wildman–Crippen MR) is 102 cm³/mol. The molecule has 6 heteroatoms. The Hall–Kier alpha value is -2.36. The van der Waals surface area contributed by atoms with Gasteiger partial charge in [-0.1, -0.05) is 49.0 Å². The molecule has 1 aromatic carbocycles. The number of thiophene rings is 1. The van der Waals surface area contributed by atoms with Gasteiger partial charge in [0.05, 0.1) is 12.0 Å². The van der Waals surface area contributed by atoms with Gasteiger partial charge < -0.3 is 4.74 Å². The minimum Gasteiger partial charge on any atom is -0.480 e. The minimum absolute atomic E-state index is 0.325. The number of thioether (sulfide) groups is 1. The molecule has 0 radical (unpaired) electrons. The van der Waals surface area contributed by atoms with Gasteiger partial charge in [-0.2, -0.15) is 10.2 Å². The molecule has 0 aliphatic heterocycles. The highest BCUT2D eigenvalue weighted by molar-refractivity contribution is 7.98. The van der Waals surface area contributed by atoms with Crippen molar-refractivity contribution < 1.29 is 4.74 Å². The third kappa shape index (κ3) is 4.01. The van der Waals surface area contributed by atoms with Gasteiger partial charge in [0.1, 0.15) is 17.3 Å². The SMILES string of the molecule is CCc1cccc(CSc2nc(OC)c(C#N)c(-c3cccs3)n2)c1. The third-order valence-corrected chi connectivity index (χ3v) is 5.48. The van der Waals surface area contributed by atoms with E-state index in [-0.39, 0.29) is 0 Å². The maximum absolute atomic E-state index is 9.47. The Bertz CT molecular complexity index is 902. The molecule has 0 saturated heterocycles. The zero-order valence-corrected chi connectivity index (χ0v) is 15.7. The molecule has 25 heavy (non-hydrogen) atoms.